The number of methoxy groups -OCH3 is 1. The van der Waals surface area contributed by atoms with Crippen LogP contribution in [0.4, 0.5) is 0 Å². The molecule has 2 bridgehead atoms. The zero-order chi connectivity index (χ0) is 13.2. The zero-order valence-corrected chi connectivity index (χ0v) is 11.9. The van der Waals surface area contributed by atoms with Crippen LogP contribution in [0.5, 0.6) is 5.75 Å². The summed E-state index contributed by atoms with van der Waals surface area (Å²) in [6, 6.07) is 9.50. The number of nitrogens with one attached hydrogen (secondary N) is 1. The third kappa shape index (κ3) is 2.77. The molecular weight excluding hydrogens is 236 g/mol. The van der Waals surface area contributed by atoms with Crippen molar-refractivity contribution in [1.82, 2.24) is 10.2 Å². The van der Waals surface area contributed by atoms with Crippen molar-refractivity contribution in [3.05, 3.63) is 29.8 Å². The molecule has 2 atom stereocenters. The first kappa shape index (κ1) is 12.9. The molecule has 3 aliphatic rings. The van der Waals surface area contributed by atoms with Gasteiger partial charge in [-0.25, -0.2) is 0 Å². The van der Waals surface area contributed by atoms with E-state index in [4.69, 9.17) is 4.74 Å². The van der Waals surface area contributed by atoms with Crippen molar-refractivity contribution in [1.29, 1.82) is 0 Å². The molecule has 3 heterocycles. The van der Waals surface area contributed by atoms with Gasteiger partial charge >= 0.3 is 0 Å². The molecule has 1 N–H and O–H groups in total. The number of benzene rings is 1. The van der Waals surface area contributed by atoms with Crippen LogP contribution in [0.25, 0.3) is 0 Å². The van der Waals surface area contributed by atoms with E-state index in [1.54, 1.807) is 7.11 Å². The van der Waals surface area contributed by atoms with E-state index in [2.05, 4.69) is 29.3 Å². The second-order valence-electron chi connectivity index (χ2n) is 5.91. The monoisotopic (exact) mass is 260 g/mol. The molecule has 0 saturated carbocycles. The van der Waals surface area contributed by atoms with Gasteiger partial charge in [-0.3, -0.25) is 0 Å². The lowest BCUT2D eigenvalue weighted by molar-refractivity contribution is 0.0680. The van der Waals surface area contributed by atoms with Gasteiger partial charge in [0.25, 0.3) is 0 Å². The van der Waals surface area contributed by atoms with Crippen molar-refractivity contribution < 1.29 is 4.74 Å². The maximum Gasteiger partial charge on any atom is 0.118 e. The fourth-order valence-electron chi connectivity index (χ4n) is 3.46. The average Bonchev–Trinajstić information content (AvgIpc) is 2.48. The Morgan fingerprint density at radius 3 is 2.42 bits per heavy atom. The summed E-state index contributed by atoms with van der Waals surface area (Å²) in [7, 11) is 1.71. The molecule has 1 aromatic carbocycles. The molecule has 0 spiro atoms. The van der Waals surface area contributed by atoms with Crippen LogP contribution in [0, 0.1) is 5.92 Å². The second-order valence-corrected chi connectivity index (χ2v) is 5.91. The second kappa shape index (κ2) is 5.51. The molecular formula is C16H24N2O. The van der Waals surface area contributed by atoms with Crippen molar-refractivity contribution in [3.8, 4) is 5.75 Å². The van der Waals surface area contributed by atoms with E-state index in [1.807, 2.05) is 12.1 Å². The Labute approximate surface area is 115 Å². The van der Waals surface area contributed by atoms with Gasteiger partial charge in [0.2, 0.25) is 0 Å². The third-order valence-electron chi connectivity index (χ3n) is 4.74. The van der Waals surface area contributed by atoms with Gasteiger partial charge in [0, 0.05) is 18.6 Å². The standard InChI is InChI=1S/C16H24N2O/c1-12(13-3-5-15(19-2)6-4-13)17-16-11-18-9-7-14(16)8-10-18/h3-6,12,14,16-17H,7-11H2,1-2H3. The van der Waals surface area contributed by atoms with E-state index >= 15 is 0 Å². The van der Waals surface area contributed by atoms with Gasteiger partial charge < -0.3 is 15.0 Å². The smallest absolute Gasteiger partial charge is 0.118 e. The largest absolute Gasteiger partial charge is 0.497 e. The Kier molecular flexibility index (Phi) is 3.76. The Bertz CT molecular complexity index is 409. The first-order chi connectivity index (χ1) is 9.26. The number of fused-ring (bicyclic) bond motifs is 3. The van der Waals surface area contributed by atoms with Crippen LogP contribution in [0.15, 0.2) is 24.3 Å². The number of nitrogens with zero attached hydrogens (tertiary/aromatic N) is 1. The molecule has 3 nitrogen and oxygen atoms in total. The van der Waals surface area contributed by atoms with Crippen molar-refractivity contribution in [2.24, 2.45) is 5.92 Å². The van der Waals surface area contributed by atoms with Gasteiger partial charge in [0.15, 0.2) is 0 Å². The van der Waals surface area contributed by atoms with Crippen LogP contribution in [0.2, 0.25) is 0 Å². The highest BCUT2D eigenvalue weighted by Gasteiger charge is 2.34. The van der Waals surface area contributed by atoms with Crippen LogP contribution < -0.4 is 10.1 Å². The molecule has 19 heavy (non-hydrogen) atoms. The molecule has 4 rings (SSSR count). The maximum absolute atomic E-state index is 5.21. The summed E-state index contributed by atoms with van der Waals surface area (Å²) in [4.78, 5) is 2.60. The van der Waals surface area contributed by atoms with E-state index < -0.39 is 0 Å². The van der Waals surface area contributed by atoms with Crippen molar-refractivity contribution in [2.75, 3.05) is 26.7 Å². The van der Waals surface area contributed by atoms with Crippen LogP contribution in [-0.4, -0.2) is 37.7 Å². The number of hydrogen-bond acceptors (Lipinski definition) is 3. The normalized spacial score (nSPS) is 31.2. The lowest BCUT2D eigenvalue weighted by Gasteiger charge is -2.46. The highest BCUT2D eigenvalue weighted by molar-refractivity contribution is 5.28. The minimum absolute atomic E-state index is 0.413. The summed E-state index contributed by atoms with van der Waals surface area (Å²) in [6.07, 6.45) is 2.74. The summed E-state index contributed by atoms with van der Waals surface area (Å²) in [6.45, 7) is 6.10. The SMILES string of the molecule is COc1ccc(C(C)NC2CN3CCC2CC3)cc1. The average molecular weight is 260 g/mol. The minimum Gasteiger partial charge on any atom is -0.497 e. The van der Waals surface area contributed by atoms with Gasteiger partial charge in [0.1, 0.15) is 5.75 Å². The maximum atomic E-state index is 5.21. The molecule has 0 radical (unpaired) electrons. The molecule has 0 amide bonds. The van der Waals surface area contributed by atoms with Gasteiger partial charge in [-0.05, 0) is 56.5 Å². The van der Waals surface area contributed by atoms with Crippen molar-refractivity contribution in [2.45, 2.75) is 31.8 Å². The highest BCUT2D eigenvalue weighted by Crippen LogP contribution is 2.29. The fourth-order valence-corrected chi connectivity index (χ4v) is 3.46. The predicted octanol–water partition coefficient (Wildman–Crippen LogP) is 2.44. The molecule has 3 saturated heterocycles. The number of rotatable bonds is 4. The topological polar surface area (TPSA) is 24.5 Å². The summed E-state index contributed by atoms with van der Waals surface area (Å²) < 4.78 is 5.21. The molecule has 3 aliphatic heterocycles. The van der Waals surface area contributed by atoms with Crippen molar-refractivity contribution in [3.63, 3.8) is 0 Å². The van der Waals surface area contributed by atoms with E-state index in [1.165, 1.54) is 38.0 Å². The Balaban J connectivity index is 1.62. The van der Waals surface area contributed by atoms with Gasteiger partial charge in [-0.15, -0.1) is 0 Å². The third-order valence-corrected chi connectivity index (χ3v) is 4.74. The fraction of sp³-hybridized carbons (Fsp3) is 0.625. The number of piperidine rings is 3. The van der Waals surface area contributed by atoms with E-state index in [9.17, 15) is 0 Å². The van der Waals surface area contributed by atoms with Crippen molar-refractivity contribution >= 4 is 0 Å². The summed E-state index contributed by atoms with van der Waals surface area (Å²) in [5, 5.41) is 3.82. The molecule has 104 valence electrons. The molecule has 0 aromatic heterocycles. The molecule has 1 aromatic rings. The quantitative estimate of drug-likeness (QED) is 0.900. The van der Waals surface area contributed by atoms with Gasteiger partial charge in [0.05, 0.1) is 7.11 Å². The Morgan fingerprint density at radius 2 is 1.89 bits per heavy atom. The van der Waals surface area contributed by atoms with Gasteiger partial charge in [-0.2, -0.15) is 0 Å². The lowest BCUT2D eigenvalue weighted by Crippen LogP contribution is -2.56. The minimum atomic E-state index is 0.413. The molecule has 2 unspecified atom stereocenters. The summed E-state index contributed by atoms with van der Waals surface area (Å²) in [5.41, 5.74) is 1.34. The van der Waals surface area contributed by atoms with Crippen LogP contribution in [0.1, 0.15) is 31.4 Å². The summed E-state index contributed by atoms with van der Waals surface area (Å²) in [5.74, 6) is 1.81. The van der Waals surface area contributed by atoms with Crippen LogP contribution >= 0.6 is 0 Å². The Morgan fingerprint density at radius 1 is 1.21 bits per heavy atom. The lowest BCUT2D eigenvalue weighted by atomic mass is 9.83. The number of ether oxygens (including phenoxy) is 1. The first-order valence-electron chi connectivity index (χ1n) is 7.38. The highest BCUT2D eigenvalue weighted by atomic mass is 16.5. The first-order valence-corrected chi connectivity index (χ1v) is 7.38. The molecule has 3 heteroatoms. The summed E-state index contributed by atoms with van der Waals surface area (Å²) >= 11 is 0. The van der Waals surface area contributed by atoms with E-state index in [0.717, 1.165) is 11.7 Å². The van der Waals surface area contributed by atoms with E-state index in [-0.39, 0.29) is 0 Å². The Hall–Kier alpha value is -1.06. The zero-order valence-electron chi connectivity index (χ0n) is 11.9. The molecule has 0 aliphatic carbocycles. The molecule has 3 fully saturated rings. The van der Waals surface area contributed by atoms with Gasteiger partial charge in [-0.1, -0.05) is 12.1 Å². The van der Waals surface area contributed by atoms with Crippen LogP contribution in [-0.2, 0) is 0 Å². The number of hydrogen-bond donors (Lipinski definition) is 1. The predicted molar refractivity (Wildman–Crippen MR) is 77.5 cm³/mol. The van der Waals surface area contributed by atoms with Crippen LogP contribution in [0.3, 0.4) is 0 Å². The van der Waals surface area contributed by atoms with E-state index in [0.29, 0.717) is 12.1 Å².